The summed E-state index contributed by atoms with van der Waals surface area (Å²) in [5.41, 5.74) is 7.17. The predicted molar refractivity (Wildman–Crippen MR) is 74.8 cm³/mol. The molecule has 3 nitrogen and oxygen atoms in total. The van der Waals surface area contributed by atoms with E-state index in [1.165, 1.54) is 4.90 Å². The average Bonchev–Trinajstić information content (AvgIpc) is 2.33. The van der Waals surface area contributed by atoms with Gasteiger partial charge in [-0.25, -0.2) is 4.98 Å². The maximum atomic E-state index is 12.3. The Morgan fingerprint density at radius 3 is 2.25 bits per heavy atom. The molecule has 114 valence electrons. The fourth-order valence-corrected chi connectivity index (χ4v) is 1.68. The van der Waals surface area contributed by atoms with E-state index in [2.05, 4.69) is 4.98 Å². The van der Waals surface area contributed by atoms with Crippen molar-refractivity contribution in [1.29, 1.82) is 0 Å². The zero-order valence-corrected chi connectivity index (χ0v) is 12.4. The molecule has 6 heteroatoms. The summed E-state index contributed by atoms with van der Waals surface area (Å²) in [5, 5.41) is 0. The monoisotopic (exact) mass is 289 g/mol. The molecule has 0 bridgehead atoms. The van der Waals surface area contributed by atoms with Crippen molar-refractivity contribution in [3.8, 4) is 0 Å². The second-order valence-corrected chi connectivity index (χ2v) is 5.96. The number of hydrogen-bond acceptors (Lipinski definition) is 3. The predicted octanol–water partition coefficient (Wildman–Crippen LogP) is 3.23. The maximum absolute atomic E-state index is 12.3. The van der Waals surface area contributed by atoms with Gasteiger partial charge in [-0.05, 0) is 17.7 Å². The number of nitrogens with zero attached hydrogens (tertiary/aromatic N) is 2. The quantitative estimate of drug-likeness (QED) is 0.925. The third-order valence-electron chi connectivity index (χ3n) is 3.00. The Kier molecular flexibility index (Phi) is 5.02. The van der Waals surface area contributed by atoms with Crippen molar-refractivity contribution in [2.45, 2.75) is 45.3 Å². The lowest BCUT2D eigenvalue weighted by Crippen LogP contribution is -2.26. The minimum absolute atomic E-state index is 0.117. The number of hydrogen-bond donors (Lipinski definition) is 1. The van der Waals surface area contributed by atoms with Gasteiger partial charge in [0.15, 0.2) is 0 Å². The van der Waals surface area contributed by atoms with E-state index in [-0.39, 0.29) is 12.0 Å². The van der Waals surface area contributed by atoms with Crippen molar-refractivity contribution >= 4 is 5.82 Å². The Bertz CT molecular complexity index is 450. The molecule has 1 rings (SSSR count). The number of anilines is 1. The molecular formula is C14H22F3N3. The summed E-state index contributed by atoms with van der Waals surface area (Å²) in [4.78, 5) is 5.97. The first kappa shape index (κ1) is 16.8. The molecule has 0 saturated heterocycles. The van der Waals surface area contributed by atoms with Crippen molar-refractivity contribution in [2.24, 2.45) is 5.73 Å². The lowest BCUT2D eigenvalue weighted by Gasteiger charge is -2.24. The van der Waals surface area contributed by atoms with Gasteiger partial charge in [0.1, 0.15) is 5.82 Å². The molecule has 2 N–H and O–H groups in total. The van der Waals surface area contributed by atoms with Gasteiger partial charge in [-0.15, -0.1) is 0 Å². The molecule has 20 heavy (non-hydrogen) atoms. The van der Waals surface area contributed by atoms with Crippen LogP contribution in [0.5, 0.6) is 0 Å². The van der Waals surface area contributed by atoms with Crippen molar-refractivity contribution in [3.63, 3.8) is 0 Å². The zero-order chi connectivity index (χ0) is 15.6. The number of pyridine rings is 1. The van der Waals surface area contributed by atoms with E-state index in [4.69, 9.17) is 5.73 Å². The van der Waals surface area contributed by atoms with Gasteiger partial charge in [-0.1, -0.05) is 20.8 Å². The highest BCUT2D eigenvalue weighted by Crippen LogP contribution is 2.26. The van der Waals surface area contributed by atoms with E-state index < -0.39 is 12.6 Å². The van der Waals surface area contributed by atoms with Gasteiger partial charge >= 0.3 is 6.18 Å². The second kappa shape index (κ2) is 5.99. The van der Waals surface area contributed by atoms with E-state index in [0.717, 1.165) is 11.3 Å². The Morgan fingerprint density at radius 1 is 1.20 bits per heavy atom. The first-order chi connectivity index (χ1) is 9.03. The molecule has 1 aromatic heterocycles. The maximum Gasteiger partial charge on any atom is 0.390 e. The van der Waals surface area contributed by atoms with Gasteiger partial charge in [-0.2, -0.15) is 13.2 Å². The lowest BCUT2D eigenvalue weighted by atomic mass is 9.90. The summed E-state index contributed by atoms with van der Waals surface area (Å²) in [7, 11) is 1.61. The molecule has 0 aromatic carbocycles. The molecule has 0 aliphatic carbocycles. The van der Waals surface area contributed by atoms with Crippen LogP contribution in [0.25, 0.3) is 0 Å². The highest BCUT2D eigenvalue weighted by atomic mass is 19.4. The van der Waals surface area contributed by atoms with Gasteiger partial charge in [0.2, 0.25) is 0 Å². The van der Waals surface area contributed by atoms with Crippen LogP contribution in [0.3, 0.4) is 0 Å². The molecular weight excluding hydrogens is 267 g/mol. The summed E-state index contributed by atoms with van der Waals surface area (Å²) < 4.78 is 36.8. The van der Waals surface area contributed by atoms with Crippen LogP contribution >= 0.6 is 0 Å². The van der Waals surface area contributed by atoms with Crippen LogP contribution in [-0.4, -0.2) is 24.8 Å². The molecule has 0 amide bonds. The molecule has 0 fully saturated rings. The molecule has 0 atom stereocenters. The van der Waals surface area contributed by atoms with Crippen molar-refractivity contribution < 1.29 is 13.2 Å². The minimum atomic E-state index is -4.16. The van der Waals surface area contributed by atoms with Gasteiger partial charge in [0.05, 0.1) is 6.42 Å². The van der Waals surface area contributed by atoms with Crippen molar-refractivity contribution in [2.75, 3.05) is 18.5 Å². The van der Waals surface area contributed by atoms with Crippen molar-refractivity contribution in [1.82, 2.24) is 4.98 Å². The number of rotatable bonds is 4. The molecule has 0 radical (unpaired) electrons. The Hall–Kier alpha value is -1.30. The van der Waals surface area contributed by atoms with Gasteiger partial charge in [0, 0.05) is 31.2 Å². The van der Waals surface area contributed by atoms with E-state index in [1.54, 1.807) is 13.1 Å². The molecule has 1 heterocycles. The van der Waals surface area contributed by atoms with Crippen LogP contribution in [0, 0.1) is 0 Å². The summed E-state index contributed by atoms with van der Waals surface area (Å²) >= 11 is 0. The van der Waals surface area contributed by atoms with Crippen LogP contribution < -0.4 is 10.6 Å². The summed E-state index contributed by atoms with van der Waals surface area (Å²) in [6.07, 6.45) is -5.02. The SMILES string of the molecule is CN(CCC(F)(F)F)c1cc(CN)cc(C(C)(C)C)n1. The topological polar surface area (TPSA) is 42.1 Å². The summed E-state index contributed by atoms with van der Waals surface area (Å²) in [6, 6.07) is 3.65. The lowest BCUT2D eigenvalue weighted by molar-refractivity contribution is -0.132. The highest BCUT2D eigenvalue weighted by Gasteiger charge is 2.27. The summed E-state index contributed by atoms with van der Waals surface area (Å²) in [6.45, 7) is 6.25. The molecule has 0 aliphatic rings. The van der Waals surface area contributed by atoms with Crippen LogP contribution in [0.4, 0.5) is 19.0 Å². The number of alkyl halides is 3. The normalized spacial score (nSPS) is 12.6. The Balaban J connectivity index is 2.99. The van der Waals surface area contributed by atoms with Gasteiger partial charge in [0.25, 0.3) is 0 Å². The third-order valence-corrected chi connectivity index (χ3v) is 3.00. The number of nitrogens with two attached hydrogens (primary N) is 1. The van der Waals surface area contributed by atoms with Gasteiger partial charge in [-0.3, -0.25) is 0 Å². The zero-order valence-electron chi connectivity index (χ0n) is 12.4. The molecule has 0 spiro atoms. The van der Waals surface area contributed by atoms with Crippen LogP contribution in [-0.2, 0) is 12.0 Å². The first-order valence-electron chi connectivity index (χ1n) is 6.52. The van der Waals surface area contributed by atoms with E-state index in [0.29, 0.717) is 12.4 Å². The fourth-order valence-electron chi connectivity index (χ4n) is 1.68. The van der Waals surface area contributed by atoms with E-state index in [9.17, 15) is 13.2 Å². The Morgan fingerprint density at radius 2 is 1.80 bits per heavy atom. The second-order valence-electron chi connectivity index (χ2n) is 5.96. The minimum Gasteiger partial charge on any atom is -0.359 e. The van der Waals surface area contributed by atoms with Crippen molar-refractivity contribution in [3.05, 3.63) is 23.4 Å². The first-order valence-corrected chi connectivity index (χ1v) is 6.52. The largest absolute Gasteiger partial charge is 0.390 e. The van der Waals surface area contributed by atoms with Crippen LogP contribution in [0.15, 0.2) is 12.1 Å². The third kappa shape index (κ3) is 5.00. The number of aromatic nitrogens is 1. The average molecular weight is 289 g/mol. The van der Waals surface area contributed by atoms with E-state index >= 15 is 0 Å². The van der Waals surface area contributed by atoms with Gasteiger partial charge < -0.3 is 10.6 Å². The van der Waals surface area contributed by atoms with Crippen LogP contribution in [0.1, 0.15) is 38.4 Å². The standard InChI is InChI=1S/C14H22F3N3/c1-13(2,3)11-7-10(9-18)8-12(19-11)20(4)6-5-14(15,16)17/h7-8H,5-6,9,18H2,1-4H3. The molecule has 0 aliphatic heterocycles. The molecule has 0 saturated carbocycles. The fraction of sp³-hybridized carbons (Fsp3) is 0.643. The van der Waals surface area contributed by atoms with Crippen LogP contribution in [0.2, 0.25) is 0 Å². The number of halogens is 3. The summed E-state index contributed by atoms with van der Waals surface area (Å²) in [5.74, 6) is 0.530. The Labute approximate surface area is 118 Å². The smallest absolute Gasteiger partial charge is 0.359 e. The molecule has 1 aromatic rings. The molecule has 0 unspecified atom stereocenters. The highest BCUT2D eigenvalue weighted by molar-refractivity contribution is 5.43. The van der Waals surface area contributed by atoms with E-state index in [1.807, 2.05) is 26.8 Å².